The lowest BCUT2D eigenvalue weighted by atomic mass is 9.99. The third-order valence-corrected chi connectivity index (χ3v) is 3.07. The fraction of sp³-hybridized carbons (Fsp3) is 0.818. The second kappa shape index (κ2) is 4.93. The minimum absolute atomic E-state index is 0.354. The summed E-state index contributed by atoms with van der Waals surface area (Å²) in [5.41, 5.74) is 5.88. The van der Waals surface area contributed by atoms with Crippen LogP contribution in [0, 0.1) is 0 Å². The molecule has 0 spiro atoms. The smallest absolute Gasteiger partial charge is 0.229 e. The first kappa shape index (κ1) is 11.5. The van der Waals surface area contributed by atoms with Gasteiger partial charge in [-0.25, -0.2) is 0 Å². The van der Waals surface area contributed by atoms with Crippen molar-refractivity contribution in [2.24, 2.45) is 5.73 Å². The van der Waals surface area contributed by atoms with Crippen LogP contribution in [0.4, 0.5) is 0 Å². The zero-order chi connectivity index (χ0) is 11.4. The van der Waals surface area contributed by atoms with Crippen LogP contribution in [0.25, 0.3) is 0 Å². The van der Waals surface area contributed by atoms with E-state index in [1.54, 1.807) is 0 Å². The SMILES string of the molecule is CCOCCc1nc(C2(N)CCCC2)no1. The Bertz CT molecular complexity index is 332. The van der Waals surface area contributed by atoms with Crippen molar-refractivity contribution >= 4 is 0 Å². The van der Waals surface area contributed by atoms with Crippen LogP contribution in [0.5, 0.6) is 0 Å². The molecule has 1 saturated carbocycles. The molecule has 16 heavy (non-hydrogen) atoms. The number of nitrogens with two attached hydrogens (primary N) is 1. The van der Waals surface area contributed by atoms with Gasteiger partial charge in [-0.2, -0.15) is 4.98 Å². The summed E-state index contributed by atoms with van der Waals surface area (Å²) in [6.07, 6.45) is 4.88. The van der Waals surface area contributed by atoms with E-state index < -0.39 is 0 Å². The predicted molar refractivity (Wildman–Crippen MR) is 58.8 cm³/mol. The summed E-state index contributed by atoms with van der Waals surface area (Å²) in [7, 11) is 0. The number of rotatable bonds is 5. The van der Waals surface area contributed by atoms with E-state index in [1.165, 1.54) is 0 Å². The molecule has 2 rings (SSSR count). The van der Waals surface area contributed by atoms with Gasteiger partial charge in [0.2, 0.25) is 5.89 Å². The molecule has 5 heteroatoms. The van der Waals surface area contributed by atoms with Crippen molar-refractivity contribution in [1.29, 1.82) is 0 Å². The molecule has 1 aliphatic rings. The van der Waals surface area contributed by atoms with Crippen LogP contribution in [0.1, 0.15) is 44.3 Å². The number of hydrogen-bond donors (Lipinski definition) is 1. The molecule has 0 aromatic carbocycles. The van der Waals surface area contributed by atoms with Gasteiger partial charge in [0, 0.05) is 6.61 Å². The van der Waals surface area contributed by atoms with E-state index >= 15 is 0 Å². The predicted octanol–water partition coefficient (Wildman–Crippen LogP) is 1.38. The Labute approximate surface area is 95.3 Å². The van der Waals surface area contributed by atoms with E-state index in [0.29, 0.717) is 31.3 Å². The molecule has 1 fully saturated rings. The Morgan fingerprint density at radius 3 is 2.88 bits per heavy atom. The maximum absolute atomic E-state index is 6.23. The number of ether oxygens (including phenoxy) is 1. The van der Waals surface area contributed by atoms with Crippen LogP contribution in [-0.2, 0) is 16.7 Å². The van der Waals surface area contributed by atoms with Gasteiger partial charge in [0.1, 0.15) is 0 Å². The highest BCUT2D eigenvalue weighted by Crippen LogP contribution is 2.34. The van der Waals surface area contributed by atoms with Crippen molar-refractivity contribution in [1.82, 2.24) is 10.1 Å². The first-order valence-corrected chi connectivity index (χ1v) is 5.94. The zero-order valence-electron chi connectivity index (χ0n) is 9.74. The molecule has 1 aromatic rings. The number of aromatic nitrogens is 2. The summed E-state index contributed by atoms with van der Waals surface area (Å²) in [6, 6.07) is 0. The molecule has 0 amide bonds. The summed E-state index contributed by atoms with van der Waals surface area (Å²) in [4.78, 5) is 4.35. The van der Waals surface area contributed by atoms with Gasteiger partial charge in [-0.3, -0.25) is 0 Å². The second-order valence-electron chi connectivity index (χ2n) is 4.32. The topological polar surface area (TPSA) is 74.2 Å². The minimum Gasteiger partial charge on any atom is -0.381 e. The zero-order valence-corrected chi connectivity index (χ0v) is 9.74. The van der Waals surface area contributed by atoms with Crippen LogP contribution in [0.15, 0.2) is 4.52 Å². The standard InChI is InChI=1S/C11H19N3O2/c1-2-15-8-5-9-13-10(14-16-9)11(12)6-3-4-7-11/h2-8,12H2,1H3. The van der Waals surface area contributed by atoms with Gasteiger partial charge in [-0.1, -0.05) is 18.0 Å². The van der Waals surface area contributed by atoms with Crippen molar-refractivity contribution in [3.05, 3.63) is 11.7 Å². The molecule has 0 unspecified atom stereocenters. The van der Waals surface area contributed by atoms with Gasteiger partial charge >= 0.3 is 0 Å². The summed E-state index contributed by atoms with van der Waals surface area (Å²) in [5.74, 6) is 1.29. The Balaban J connectivity index is 1.96. The van der Waals surface area contributed by atoms with Crippen LogP contribution in [-0.4, -0.2) is 23.4 Å². The monoisotopic (exact) mass is 225 g/mol. The highest BCUT2D eigenvalue weighted by atomic mass is 16.5. The summed E-state index contributed by atoms with van der Waals surface area (Å²) < 4.78 is 10.4. The third-order valence-electron chi connectivity index (χ3n) is 3.07. The first-order valence-electron chi connectivity index (χ1n) is 5.94. The van der Waals surface area contributed by atoms with Gasteiger partial charge < -0.3 is 15.0 Å². The number of nitrogens with zero attached hydrogens (tertiary/aromatic N) is 2. The van der Waals surface area contributed by atoms with Crippen LogP contribution in [0.3, 0.4) is 0 Å². The number of hydrogen-bond acceptors (Lipinski definition) is 5. The molecule has 0 saturated heterocycles. The first-order chi connectivity index (χ1) is 7.74. The van der Waals surface area contributed by atoms with Crippen LogP contribution >= 0.6 is 0 Å². The molecule has 0 aliphatic heterocycles. The molecule has 2 N–H and O–H groups in total. The van der Waals surface area contributed by atoms with Crippen LogP contribution in [0.2, 0.25) is 0 Å². The lowest BCUT2D eigenvalue weighted by Gasteiger charge is -2.17. The fourth-order valence-electron chi connectivity index (χ4n) is 2.09. The van der Waals surface area contributed by atoms with Gasteiger partial charge in [-0.05, 0) is 19.8 Å². The maximum atomic E-state index is 6.23. The van der Waals surface area contributed by atoms with Crippen molar-refractivity contribution in [2.75, 3.05) is 13.2 Å². The highest BCUT2D eigenvalue weighted by molar-refractivity contribution is 5.06. The Morgan fingerprint density at radius 1 is 1.44 bits per heavy atom. The average Bonchev–Trinajstić information content (AvgIpc) is 2.88. The highest BCUT2D eigenvalue weighted by Gasteiger charge is 2.35. The van der Waals surface area contributed by atoms with E-state index in [0.717, 1.165) is 25.7 Å². The lowest BCUT2D eigenvalue weighted by Crippen LogP contribution is -2.34. The molecule has 0 bridgehead atoms. The molecular formula is C11H19N3O2. The van der Waals surface area contributed by atoms with E-state index in [9.17, 15) is 0 Å². The van der Waals surface area contributed by atoms with Crippen molar-refractivity contribution < 1.29 is 9.26 Å². The Morgan fingerprint density at radius 2 is 2.19 bits per heavy atom. The molecule has 0 radical (unpaired) electrons. The summed E-state index contributed by atoms with van der Waals surface area (Å²) in [6.45, 7) is 3.30. The molecule has 1 aliphatic carbocycles. The van der Waals surface area contributed by atoms with Gasteiger partial charge in [0.15, 0.2) is 5.82 Å². The normalized spacial score (nSPS) is 19.1. The largest absolute Gasteiger partial charge is 0.381 e. The quantitative estimate of drug-likeness (QED) is 0.766. The second-order valence-corrected chi connectivity index (χ2v) is 4.32. The third kappa shape index (κ3) is 2.41. The molecule has 1 aromatic heterocycles. The van der Waals surface area contributed by atoms with Crippen LogP contribution < -0.4 is 5.73 Å². The molecule has 1 heterocycles. The molecule has 5 nitrogen and oxygen atoms in total. The average molecular weight is 225 g/mol. The van der Waals surface area contributed by atoms with E-state index in [-0.39, 0.29) is 5.54 Å². The Hall–Kier alpha value is -0.940. The summed E-state index contributed by atoms with van der Waals surface area (Å²) >= 11 is 0. The molecule has 0 atom stereocenters. The fourth-order valence-corrected chi connectivity index (χ4v) is 2.09. The molecule has 90 valence electrons. The van der Waals surface area contributed by atoms with Gasteiger partial charge in [-0.15, -0.1) is 0 Å². The van der Waals surface area contributed by atoms with Crippen molar-refractivity contribution in [2.45, 2.75) is 44.6 Å². The van der Waals surface area contributed by atoms with Gasteiger partial charge in [0.25, 0.3) is 0 Å². The van der Waals surface area contributed by atoms with E-state index in [2.05, 4.69) is 10.1 Å². The lowest BCUT2D eigenvalue weighted by molar-refractivity contribution is 0.144. The van der Waals surface area contributed by atoms with E-state index in [1.807, 2.05) is 6.92 Å². The van der Waals surface area contributed by atoms with Gasteiger partial charge in [0.05, 0.1) is 18.6 Å². The van der Waals surface area contributed by atoms with E-state index in [4.69, 9.17) is 15.0 Å². The van der Waals surface area contributed by atoms with Crippen molar-refractivity contribution in [3.8, 4) is 0 Å². The Kier molecular flexibility index (Phi) is 3.56. The summed E-state index contributed by atoms with van der Waals surface area (Å²) in [5, 5.41) is 3.98. The minimum atomic E-state index is -0.354. The molecular weight excluding hydrogens is 206 g/mol. The maximum Gasteiger partial charge on any atom is 0.229 e. The van der Waals surface area contributed by atoms with Crippen molar-refractivity contribution in [3.63, 3.8) is 0 Å².